The zero-order valence-corrected chi connectivity index (χ0v) is 17.2. The molecule has 1 unspecified atom stereocenters. The summed E-state index contributed by atoms with van der Waals surface area (Å²) in [6.07, 6.45) is 1.16. The van der Waals surface area contributed by atoms with Crippen LogP contribution >= 0.6 is 0 Å². The van der Waals surface area contributed by atoms with Crippen LogP contribution in [0.25, 0.3) is 0 Å². The van der Waals surface area contributed by atoms with Crippen molar-refractivity contribution in [2.24, 2.45) is 0 Å². The lowest BCUT2D eigenvalue weighted by atomic mass is 10.1. The molecule has 2 rings (SSSR count). The third-order valence-corrected chi connectivity index (χ3v) is 4.61. The Bertz CT molecular complexity index is 823. The minimum Gasteiger partial charge on any atom is -0.445 e. The van der Waals surface area contributed by atoms with Crippen LogP contribution in [0.2, 0.25) is 0 Å². The smallest absolute Gasteiger partial charge is 0.407 e. The Labute approximate surface area is 175 Å². The van der Waals surface area contributed by atoms with Crippen molar-refractivity contribution in [2.45, 2.75) is 45.8 Å². The summed E-state index contributed by atoms with van der Waals surface area (Å²) in [6, 6.07) is 11.9. The van der Waals surface area contributed by atoms with Gasteiger partial charge in [0.15, 0.2) is 0 Å². The third-order valence-electron chi connectivity index (χ3n) is 4.61. The van der Waals surface area contributed by atoms with Crippen molar-refractivity contribution in [3.63, 3.8) is 0 Å². The second kappa shape index (κ2) is 11.8. The van der Waals surface area contributed by atoms with Crippen molar-refractivity contribution < 1.29 is 23.9 Å². The second-order valence-electron chi connectivity index (χ2n) is 7.08. The second-order valence-corrected chi connectivity index (χ2v) is 7.08. The predicted octanol–water partition coefficient (Wildman–Crippen LogP) is 3.83. The molecule has 0 fully saturated rings. The van der Waals surface area contributed by atoms with Crippen molar-refractivity contribution >= 4 is 17.7 Å². The number of carbonyl (C=O) groups is 2. The van der Waals surface area contributed by atoms with Crippen LogP contribution in [0.5, 0.6) is 0 Å². The van der Waals surface area contributed by atoms with Crippen molar-refractivity contribution in [1.29, 1.82) is 0 Å². The van der Waals surface area contributed by atoms with Crippen molar-refractivity contribution in [2.75, 3.05) is 11.9 Å². The van der Waals surface area contributed by atoms with Crippen molar-refractivity contribution in [3.05, 3.63) is 65.0 Å². The number of benzene rings is 2. The lowest BCUT2D eigenvalue weighted by Crippen LogP contribution is -2.38. The standard InChI is InChI=1S/C22H28FN3O4/c1-15-12-18(13-16(2)20(15)23)25-19(21(27)26-29)10-6-7-11-24-22(28)30-14-17-8-4-3-5-9-17/h3-5,8-9,12-13,19,25,29H,6-7,10-11,14H2,1-2H3,(H,24,28)(H,26,27). The van der Waals surface area contributed by atoms with E-state index >= 15 is 0 Å². The summed E-state index contributed by atoms with van der Waals surface area (Å²) in [5.41, 5.74) is 4.10. The molecule has 0 bridgehead atoms. The van der Waals surface area contributed by atoms with Gasteiger partial charge < -0.3 is 15.4 Å². The van der Waals surface area contributed by atoms with Crippen LogP contribution in [0.1, 0.15) is 36.0 Å². The minimum atomic E-state index is -0.690. The molecule has 0 saturated heterocycles. The maximum Gasteiger partial charge on any atom is 0.407 e. The van der Waals surface area contributed by atoms with Crippen LogP contribution in [0.15, 0.2) is 42.5 Å². The topological polar surface area (TPSA) is 99.7 Å². The van der Waals surface area contributed by atoms with Gasteiger partial charge in [0.05, 0.1) is 0 Å². The van der Waals surface area contributed by atoms with E-state index in [-0.39, 0.29) is 12.4 Å². The Morgan fingerprint density at radius 3 is 2.40 bits per heavy atom. The fourth-order valence-corrected chi connectivity index (χ4v) is 3.02. The summed E-state index contributed by atoms with van der Waals surface area (Å²) in [5.74, 6) is -0.862. The van der Waals surface area contributed by atoms with Gasteiger partial charge in [0.25, 0.3) is 5.91 Å². The molecule has 1 atom stereocenters. The Morgan fingerprint density at radius 1 is 1.10 bits per heavy atom. The number of hydroxylamine groups is 1. The first kappa shape index (κ1) is 23.2. The first-order valence-electron chi connectivity index (χ1n) is 9.82. The molecule has 0 aromatic heterocycles. The van der Waals surface area contributed by atoms with Gasteiger partial charge in [0, 0.05) is 12.2 Å². The van der Waals surface area contributed by atoms with E-state index in [4.69, 9.17) is 9.94 Å². The highest BCUT2D eigenvalue weighted by Gasteiger charge is 2.18. The molecule has 30 heavy (non-hydrogen) atoms. The summed E-state index contributed by atoms with van der Waals surface area (Å²) in [6.45, 7) is 3.90. The molecular weight excluding hydrogens is 389 g/mol. The average Bonchev–Trinajstić information content (AvgIpc) is 2.75. The molecule has 8 heteroatoms. The molecule has 2 aromatic carbocycles. The molecule has 0 spiro atoms. The van der Waals surface area contributed by atoms with Gasteiger partial charge >= 0.3 is 6.09 Å². The van der Waals surface area contributed by atoms with E-state index in [2.05, 4.69) is 10.6 Å². The predicted molar refractivity (Wildman–Crippen MR) is 112 cm³/mol. The summed E-state index contributed by atoms with van der Waals surface area (Å²) in [5, 5.41) is 14.7. The van der Waals surface area contributed by atoms with E-state index in [0.717, 1.165) is 5.56 Å². The number of amides is 2. The van der Waals surface area contributed by atoms with Gasteiger partial charge in [-0.1, -0.05) is 30.3 Å². The van der Waals surface area contributed by atoms with Gasteiger partial charge in [0.1, 0.15) is 18.5 Å². The van der Waals surface area contributed by atoms with Gasteiger partial charge in [-0.15, -0.1) is 0 Å². The Hall–Kier alpha value is -3.13. The lowest BCUT2D eigenvalue weighted by Gasteiger charge is -2.19. The number of anilines is 1. The van der Waals surface area contributed by atoms with Gasteiger partial charge in [0.2, 0.25) is 0 Å². The normalized spacial score (nSPS) is 11.5. The molecule has 2 amide bonds. The number of aryl methyl sites for hydroxylation is 2. The number of ether oxygens (including phenoxy) is 1. The quantitative estimate of drug-likeness (QED) is 0.268. The van der Waals surface area contributed by atoms with Gasteiger partial charge in [-0.3, -0.25) is 10.0 Å². The Kier molecular flexibility index (Phi) is 9.08. The van der Waals surface area contributed by atoms with Gasteiger partial charge in [-0.25, -0.2) is 14.7 Å². The molecule has 0 aliphatic heterocycles. The van der Waals surface area contributed by atoms with Crippen LogP contribution in [0, 0.1) is 19.7 Å². The first-order chi connectivity index (χ1) is 14.4. The summed E-state index contributed by atoms with van der Waals surface area (Å²) in [7, 11) is 0. The van der Waals surface area contributed by atoms with Gasteiger partial charge in [-0.2, -0.15) is 0 Å². The molecular formula is C22H28FN3O4. The van der Waals surface area contributed by atoms with Crippen LogP contribution in [0.3, 0.4) is 0 Å². The molecule has 162 valence electrons. The largest absolute Gasteiger partial charge is 0.445 e. The monoisotopic (exact) mass is 417 g/mol. The number of hydrogen-bond acceptors (Lipinski definition) is 5. The number of alkyl carbamates (subject to hydrolysis) is 1. The highest BCUT2D eigenvalue weighted by Crippen LogP contribution is 2.20. The van der Waals surface area contributed by atoms with E-state index in [1.54, 1.807) is 31.5 Å². The number of hydrogen-bond donors (Lipinski definition) is 4. The van der Waals surface area contributed by atoms with Crippen molar-refractivity contribution in [3.8, 4) is 0 Å². The van der Waals surface area contributed by atoms with Crippen LogP contribution in [-0.4, -0.2) is 29.8 Å². The van der Waals surface area contributed by atoms with E-state index in [1.807, 2.05) is 30.3 Å². The number of unbranched alkanes of at least 4 members (excludes halogenated alkanes) is 1. The zero-order chi connectivity index (χ0) is 21.9. The Morgan fingerprint density at radius 2 is 1.77 bits per heavy atom. The molecule has 4 N–H and O–H groups in total. The van der Waals surface area contributed by atoms with Crippen molar-refractivity contribution in [1.82, 2.24) is 10.8 Å². The highest BCUT2D eigenvalue weighted by atomic mass is 19.1. The Balaban J connectivity index is 1.74. The third kappa shape index (κ3) is 7.36. The maximum absolute atomic E-state index is 13.8. The lowest BCUT2D eigenvalue weighted by molar-refractivity contribution is -0.130. The highest BCUT2D eigenvalue weighted by molar-refractivity contribution is 5.83. The SMILES string of the molecule is Cc1cc(NC(CCCCNC(=O)OCc2ccccc2)C(=O)NO)cc(C)c1F. The summed E-state index contributed by atoms with van der Waals surface area (Å²) >= 11 is 0. The van der Waals surface area contributed by atoms with E-state index in [1.165, 1.54) is 0 Å². The number of carbonyl (C=O) groups excluding carboxylic acids is 2. The van der Waals surface area contributed by atoms with Crippen LogP contribution in [-0.2, 0) is 16.1 Å². The molecule has 0 aliphatic rings. The molecule has 0 heterocycles. The number of halogens is 1. The molecule has 0 saturated carbocycles. The molecule has 7 nitrogen and oxygen atoms in total. The molecule has 0 radical (unpaired) electrons. The fraction of sp³-hybridized carbons (Fsp3) is 0.364. The maximum atomic E-state index is 13.8. The van der Waals surface area contributed by atoms with Crippen LogP contribution in [0.4, 0.5) is 14.9 Å². The summed E-state index contributed by atoms with van der Waals surface area (Å²) < 4.78 is 18.9. The average molecular weight is 417 g/mol. The summed E-state index contributed by atoms with van der Waals surface area (Å²) in [4.78, 5) is 23.7. The molecule has 2 aromatic rings. The van der Waals surface area contributed by atoms with E-state index in [9.17, 15) is 14.0 Å². The van der Waals surface area contributed by atoms with E-state index < -0.39 is 18.0 Å². The first-order valence-corrected chi connectivity index (χ1v) is 9.82. The van der Waals surface area contributed by atoms with Gasteiger partial charge in [-0.05, 0) is 61.9 Å². The minimum absolute atomic E-state index is 0.200. The molecule has 0 aliphatic carbocycles. The van der Waals surface area contributed by atoms with E-state index in [0.29, 0.717) is 42.6 Å². The number of nitrogens with one attached hydrogen (secondary N) is 3. The van der Waals surface area contributed by atoms with Crippen LogP contribution < -0.4 is 16.1 Å². The zero-order valence-electron chi connectivity index (χ0n) is 17.2. The fourth-order valence-electron chi connectivity index (χ4n) is 3.02. The number of rotatable bonds is 10.